The maximum atomic E-state index is 13.0. The van der Waals surface area contributed by atoms with Gasteiger partial charge in [-0.1, -0.05) is 192 Å². The monoisotopic (exact) mass is 823 g/mol. The fraction of sp³-hybridized carbons (Fsp3) is 0.894. The number of allylic oxidation sites excluding steroid dienone is 3. The summed E-state index contributed by atoms with van der Waals surface area (Å²) in [6.45, 7) is -9.09. The molecule has 9 heteroatoms. The van der Waals surface area contributed by atoms with Crippen molar-refractivity contribution >= 4 is 13.7 Å². The third-order valence-electron chi connectivity index (χ3n) is 10.3. The van der Waals surface area contributed by atoms with E-state index in [1.807, 2.05) is 0 Å². The molecule has 0 aliphatic heterocycles. The second kappa shape index (κ2) is 39.4. The van der Waals surface area contributed by atoms with Crippen LogP contribution in [0.1, 0.15) is 232 Å². The number of nitrogens with one attached hydrogen (secondary N) is 1. The molecular weight excluding hydrogens is 719 g/mol. The van der Waals surface area contributed by atoms with Gasteiger partial charge < -0.3 is 19.8 Å². The van der Waals surface area contributed by atoms with Gasteiger partial charge >= 0.3 is 7.82 Å². The minimum atomic E-state index is -5.04. The number of likely N-dealkylation sites (N-methyl/N-ethyl adjacent to an activating group) is 1. The number of phosphoric acid groups is 1. The van der Waals surface area contributed by atoms with Crippen LogP contribution < -0.4 is 5.32 Å². The average Bonchev–Trinajstić information content (AvgIpc) is 3.21. The Labute approximate surface area is 360 Å². The molecule has 0 saturated heterocycles. The highest BCUT2D eigenvalue weighted by Gasteiger charge is 2.27. The molecule has 0 heterocycles. The van der Waals surface area contributed by atoms with Gasteiger partial charge in [-0.05, 0) is 44.9 Å². The second-order valence-corrected chi connectivity index (χ2v) is 17.5. The summed E-state index contributed by atoms with van der Waals surface area (Å²) in [7, 11) is -5.04. The van der Waals surface area contributed by atoms with E-state index in [4.69, 9.17) is 21.4 Å². The second-order valence-electron chi connectivity index (χ2n) is 16.0. The van der Waals surface area contributed by atoms with Gasteiger partial charge in [-0.3, -0.25) is 13.8 Å². The molecule has 3 N–H and O–H groups in total. The molecule has 0 radical (unpaired) electrons. The maximum Gasteiger partial charge on any atom is 0.472 e. The number of aliphatic hydroxyl groups excluding tert-OH is 1. The van der Waals surface area contributed by atoms with Crippen LogP contribution in [0.5, 0.6) is 0 Å². The number of carbonyl (C=O) groups is 1. The van der Waals surface area contributed by atoms with Gasteiger partial charge in [0.2, 0.25) is 5.91 Å². The van der Waals surface area contributed by atoms with Crippen LogP contribution in [0.4, 0.5) is 0 Å². The van der Waals surface area contributed by atoms with Crippen molar-refractivity contribution in [2.75, 3.05) is 40.7 Å². The predicted octanol–water partition coefficient (Wildman–Crippen LogP) is 13.3. The number of unbranched alkanes of at least 4 members (excludes halogenated alkanes) is 28. The summed E-state index contributed by atoms with van der Waals surface area (Å²) in [6, 6.07) is -1.14. The fourth-order valence-corrected chi connectivity index (χ4v) is 7.46. The van der Waals surface area contributed by atoms with E-state index in [9.17, 15) is 19.4 Å². The average molecular weight is 823 g/mol. The number of phosphoric ester groups is 1. The first-order valence-electron chi connectivity index (χ1n) is 27.5. The topological polar surface area (TPSA) is 105 Å². The summed E-state index contributed by atoms with van der Waals surface area (Å²) < 4.78 is 90.1. The van der Waals surface area contributed by atoms with Gasteiger partial charge in [-0.25, -0.2) is 4.57 Å². The zero-order valence-corrected chi connectivity index (χ0v) is 37.0. The van der Waals surface area contributed by atoms with Crippen molar-refractivity contribution in [1.82, 2.24) is 5.32 Å². The Bertz CT molecular complexity index is 1230. The fourth-order valence-electron chi connectivity index (χ4n) is 6.72. The van der Waals surface area contributed by atoms with Crippen LogP contribution >= 0.6 is 7.82 Å². The lowest BCUT2D eigenvalue weighted by atomic mass is 10.0. The summed E-state index contributed by atoms with van der Waals surface area (Å²) in [6.07, 6.45) is 43.7. The van der Waals surface area contributed by atoms with E-state index in [0.29, 0.717) is 12.8 Å². The van der Waals surface area contributed by atoms with Gasteiger partial charge in [0, 0.05) is 6.42 Å². The predicted molar refractivity (Wildman–Crippen MR) is 240 cm³/mol. The SMILES string of the molecule is [2H]C([2H])([2H])[N+](CCOP(=O)(O)OC[C@H](NC(=O)CCCCCCCCCCCCC/C=C/CCCCCCCC)[C@H](O)/C=C/CCCCCCCCCCCCC)(C([2H])([2H])[2H])C([2H])([2H])[2H]. The first-order valence-corrected chi connectivity index (χ1v) is 24.5. The van der Waals surface area contributed by atoms with Crippen LogP contribution in [0, 0.1) is 0 Å². The van der Waals surface area contributed by atoms with Crippen LogP contribution in [0.25, 0.3) is 0 Å². The number of quaternary nitrogens is 1. The number of hydrogen-bond donors (Lipinski definition) is 3. The molecular formula is C47H94N2O6P+. The maximum absolute atomic E-state index is 13.0. The molecule has 3 atom stereocenters. The number of rotatable bonds is 43. The number of nitrogens with zero attached hydrogens (tertiary/aromatic N) is 1. The molecule has 1 amide bonds. The zero-order valence-electron chi connectivity index (χ0n) is 45.1. The van der Waals surface area contributed by atoms with Crippen molar-refractivity contribution in [3.8, 4) is 0 Å². The van der Waals surface area contributed by atoms with E-state index in [2.05, 4.69) is 31.3 Å². The number of hydrogen-bond acceptors (Lipinski definition) is 5. The highest BCUT2D eigenvalue weighted by molar-refractivity contribution is 7.47. The van der Waals surface area contributed by atoms with Crippen LogP contribution in [-0.2, 0) is 18.4 Å². The summed E-state index contributed by atoms with van der Waals surface area (Å²) >= 11 is 0. The number of amides is 1. The van der Waals surface area contributed by atoms with E-state index in [0.717, 1.165) is 44.9 Å². The Morgan fingerprint density at radius 1 is 0.625 bits per heavy atom. The lowest BCUT2D eigenvalue weighted by Gasteiger charge is -2.25. The molecule has 0 saturated carbocycles. The highest BCUT2D eigenvalue weighted by Crippen LogP contribution is 2.43. The number of carbonyl (C=O) groups excluding carboxylic acids is 1. The third kappa shape index (κ3) is 41.2. The third-order valence-corrected chi connectivity index (χ3v) is 11.3. The van der Waals surface area contributed by atoms with E-state index in [1.165, 1.54) is 147 Å². The summed E-state index contributed by atoms with van der Waals surface area (Å²) in [4.78, 5) is 23.4. The summed E-state index contributed by atoms with van der Waals surface area (Å²) in [5.41, 5.74) is 0. The smallest absolute Gasteiger partial charge is 0.387 e. The van der Waals surface area contributed by atoms with Crippen LogP contribution in [0.15, 0.2) is 24.3 Å². The molecule has 0 aromatic rings. The van der Waals surface area contributed by atoms with Gasteiger partial charge in [0.05, 0.1) is 52.0 Å². The van der Waals surface area contributed by atoms with Gasteiger partial charge in [0.15, 0.2) is 0 Å². The number of aliphatic hydroxyl groups is 1. The van der Waals surface area contributed by atoms with E-state index < -0.39 is 65.1 Å². The van der Waals surface area contributed by atoms with Gasteiger partial charge in [-0.15, -0.1) is 0 Å². The largest absolute Gasteiger partial charge is 0.472 e. The minimum Gasteiger partial charge on any atom is -0.387 e. The quantitative estimate of drug-likeness (QED) is 0.0245. The van der Waals surface area contributed by atoms with Crippen molar-refractivity contribution in [2.45, 2.75) is 231 Å². The van der Waals surface area contributed by atoms with Gasteiger partial charge in [0.1, 0.15) is 13.2 Å². The lowest BCUT2D eigenvalue weighted by molar-refractivity contribution is -0.870. The molecule has 332 valence electrons. The normalized spacial score (nSPS) is 17.5. The Hall–Kier alpha value is -1.02. The Balaban J connectivity index is 4.88. The molecule has 0 aliphatic carbocycles. The molecule has 0 rings (SSSR count). The highest BCUT2D eigenvalue weighted by atomic mass is 31.2. The molecule has 56 heavy (non-hydrogen) atoms. The van der Waals surface area contributed by atoms with Gasteiger partial charge in [-0.2, -0.15) is 0 Å². The Morgan fingerprint density at radius 2 is 1.02 bits per heavy atom. The Kier molecular flexibility index (Phi) is 28.4. The summed E-state index contributed by atoms with van der Waals surface area (Å²) in [5.74, 6) is -0.367. The van der Waals surface area contributed by atoms with E-state index in [1.54, 1.807) is 6.08 Å². The molecule has 0 aliphatic rings. The molecule has 0 fully saturated rings. The van der Waals surface area contributed by atoms with Crippen molar-refractivity contribution < 1.29 is 45.2 Å². The van der Waals surface area contributed by atoms with Crippen molar-refractivity contribution in [1.29, 1.82) is 0 Å². The summed E-state index contributed by atoms with van der Waals surface area (Å²) in [5, 5.41) is 13.7. The van der Waals surface area contributed by atoms with Crippen LogP contribution in [0.2, 0.25) is 0 Å². The molecule has 0 spiro atoms. The molecule has 0 aromatic carbocycles. The van der Waals surface area contributed by atoms with Gasteiger partial charge in [0.25, 0.3) is 0 Å². The minimum absolute atomic E-state index is 0.187. The van der Waals surface area contributed by atoms with Crippen molar-refractivity contribution in [3.05, 3.63) is 24.3 Å². The Morgan fingerprint density at radius 3 is 1.45 bits per heavy atom. The first-order chi connectivity index (χ1) is 30.8. The zero-order chi connectivity index (χ0) is 48.9. The standard InChI is InChI=1S/C47H93N2O6P/c1-6-8-10-12-14-16-18-20-21-22-23-24-25-26-27-29-31-33-35-37-39-41-47(51)48-45(44-55-56(52,53)54-43-42-49(3,4)5)46(50)40-38-36-34-32-30-28-19-17-15-13-11-9-7-2/h20-21,38,40,45-46,50H,6-19,22-37,39,41-44H2,1-5H3,(H-,48,51,52,53)/p+1/b21-20+,40-38+/t45-,46+/m0/s1/i3D3,4D3,5D3. The first kappa shape index (κ1) is 40.4. The van der Waals surface area contributed by atoms with Crippen LogP contribution in [0.3, 0.4) is 0 Å². The van der Waals surface area contributed by atoms with Crippen molar-refractivity contribution in [3.63, 3.8) is 0 Å². The van der Waals surface area contributed by atoms with E-state index >= 15 is 0 Å². The molecule has 0 bridgehead atoms. The van der Waals surface area contributed by atoms with Crippen LogP contribution in [-0.4, -0.2) is 73.2 Å². The lowest BCUT2D eigenvalue weighted by Crippen LogP contribution is -2.45. The van der Waals surface area contributed by atoms with E-state index in [-0.39, 0.29) is 12.3 Å². The molecule has 1 unspecified atom stereocenters. The van der Waals surface area contributed by atoms with Crippen molar-refractivity contribution in [2.24, 2.45) is 0 Å². The molecule has 8 nitrogen and oxygen atoms in total. The molecule has 0 aromatic heterocycles.